The van der Waals surface area contributed by atoms with E-state index in [9.17, 15) is 14.4 Å². The van der Waals surface area contributed by atoms with E-state index in [1.807, 2.05) is 19.9 Å². The van der Waals surface area contributed by atoms with Gasteiger partial charge in [0.15, 0.2) is 0 Å². The molecule has 2 aromatic carbocycles. The van der Waals surface area contributed by atoms with Gasteiger partial charge in [-0.15, -0.1) is 0 Å². The van der Waals surface area contributed by atoms with Crippen molar-refractivity contribution >= 4 is 23.4 Å². The minimum atomic E-state index is -0.492. The fraction of sp³-hybridized carbons (Fsp3) is 0.250. The standard InChI is InChI=1S/C20H23N3O4/c1-14(2)27-17-11-7-6-10-16(17)20(26)23-22-19(25)13-12-18(24)21-15-8-4-3-5-9-15/h3-11,14H,12-13H2,1-2H3,(H,21,24)(H,22,25)(H,23,26). The van der Waals surface area contributed by atoms with Crippen LogP contribution in [-0.4, -0.2) is 23.8 Å². The lowest BCUT2D eigenvalue weighted by molar-refractivity contribution is -0.124. The van der Waals surface area contributed by atoms with Crippen molar-refractivity contribution in [1.82, 2.24) is 10.9 Å². The summed E-state index contributed by atoms with van der Waals surface area (Å²) in [5.41, 5.74) is 5.62. The summed E-state index contributed by atoms with van der Waals surface area (Å²) in [6.07, 6.45) is -0.135. The van der Waals surface area contributed by atoms with Gasteiger partial charge in [-0.2, -0.15) is 0 Å². The first-order valence-corrected chi connectivity index (χ1v) is 8.65. The molecule has 142 valence electrons. The lowest BCUT2D eigenvalue weighted by Crippen LogP contribution is -2.42. The van der Waals surface area contributed by atoms with Gasteiger partial charge in [0.1, 0.15) is 5.75 Å². The van der Waals surface area contributed by atoms with Gasteiger partial charge in [-0.05, 0) is 38.1 Å². The number of hydrazine groups is 1. The molecule has 0 bridgehead atoms. The van der Waals surface area contributed by atoms with E-state index in [0.717, 1.165) is 0 Å². The van der Waals surface area contributed by atoms with Crippen LogP contribution in [0.2, 0.25) is 0 Å². The number of hydrogen-bond donors (Lipinski definition) is 3. The van der Waals surface area contributed by atoms with Crippen LogP contribution < -0.4 is 20.9 Å². The number of nitrogens with one attached hydrogen (secondary N) is 3. The lowest BCUT2D eigenvalue weighted by atomic mass is 10.2. The van der Waals surface area contributed by atoms with Crippen LogP contribution in [0, 0.1) is 0 Å². The van der Waals surface area contributed by atoms with Gasteiger partial charge >= 0.3 is 0 Å². The SMILES string of the molecule is CC(C)Oc1ccccc1C(=O)NNC(=O)CCC(=O)Nc1ccccc1. The topological polar surface area (TPSA) is 96.5 Å². The molecule has 7 nitrogen and oxygen atoms in total. The average molecular weight is 369 g/mol. The highest BCUT2D eigenvalue weighted by Crippen LogP contribution is 2.19. The molecule has 0 unspecified atom stereocenters. The van der Waals surface area contributed by atoms with Crippen LogP contribution >= 0.6 is 0 Å². The summed E-state index contributed by atoms with van der Waals surface area (Å²) < 4.78 is 5.58. The maximum atomic E-state index is 12.2. The molecule has 3 amide bonds. The van der Waals surface area contributed by atoms with E-state index < -0.39 is 11.8 Å². The minimum absolute atomic E-state index is 0.00362. The van der Waals surface area contributed by atoms with E-state index >= 15 is 0 Å². The first kappa shape index (κ1) is 20.0. The molecule has 0 aromatic heterocycles. The molecule has 0 aliphatic carbocycles. The molecule has 3 N–H and O–H groups in total. The third-order valence-electron chi connectivity index (χ3n) is 3.45. The van der Waals surface area contributed by atoms with E-state index in [4.69, 9.17) is 4.74 Å². The molecule has 0 radical (unpaired) electrons. The number of ether oxygens (including phenoxy) is 1. The van der Waals surface area contributed by atoms with Crippen molar-refractivity contribution in [2.45, 2.75) is 32.8 Å². The Bertz CT molecular complexity index is 791. The second-order valence-corrected chi connectivity index (χ2v) is 6.08. The summed E-state index contributed by atoms with van der Waals surface area (Å²) in [6.45, 7) is 3.72. The zero-order valence-electron chi connectivity index (χ0n) is 15.3. The summed E-state index contributed by atoms with van der Waals surface area (Å²) in [7, 11) is 0. The normalized spacial score (nSPS) is 10.2. The van der Waals surface area contributed by atoms with Crippen LogP contribution in [0.5, 0.6) is 5.75 Å². The molecule has 27 heavy (non-hydrogen) atoms. The average Bonchev–Trinajstić information content (AvgIpc) is 2.65. The Kier molecular flexibility index (Phi) is 7.37. The number of hydrogen-bond acceptors (Lipinski definition) is 4. The van der Waals surface area contributed by atoms with Gasteiger partial charge < -0.3 is 10.1 Å². The maximum absolute atomic E-state index is 12.2. The number of carbonyl (C=O) groups is 3. The Morgan fingerprint density at radius 3 is 2.19 bits per heavy atom. The van der Waals surface area contributed by atoms with Gasteiger partial charge in [-0.3, -0.25) is 25.2 Å². The van der Waals surface area contributed by atoms with Gasteiger partial charge in [0.05, 0.1) is 11.7 Å². The van der Waals surface area contributed by atoms with Gasteiger partial charge in [0, 0.05) is 18.5 Å². The number of benzene rings is 2. The molecule has 7 heteroatoms. The molecule has 0 aliphatic rings. The molecular formula is C20H23N3O4. The Morgan fingerprint density at radius 2 is 1.48 bits per heavy atom. The van der Waals surface area contributed by atoms with Crippen LogP contribution in [0.15, 0.2) is 54.6 Å². The fourth-order valence-electron chi connectivity index (χ4n) is 2.24. The Hall–Kier alpha value is -3.35. The highest BCUT2D eigenvalue weighted by Gasteiger charge is 2.14. The Labute approximate surface area is 158 Å². The molecule has 0 heterocycles. The summed E-state index contributed by atoms with van der Waals surface area (Å²) in [6, 6.07) is 15.7. The first-order chi connectivity index (χ1) is 13.0. The molecule has 0 aliphatic heterocycles. The van der Waals surface area contributed by atoms with Crippen molar-refractivity contribution in [3.05, 3.63) is 60.2 Å². The fourth-order valence-corrected chi connectivity index (χ4v) is 2.24. The van der Waals surface area contributed by atoms with Crippen LogP contribution in [0.3, 0.4) is 0 Å². The number of amides is 3. The van der Waals surface area contributed by atoms with Crippen molar-refractivity contribution in [2.24, 2.45) is 0 Å². The van der Waals surface area contributed by atoms with E-state index in [2.05, 4.69) is 16.2 Å². The largest absolute Gasteiger partial charge is 0.490 e. The third kappa shape index (κ3) is 6.81. The van der Waals surface area contributed by atoms with Crippen molar-refractivity contribution in [1.29, 1.82) is 0 Å². The molecule has 2 aromatic rings. The van der Waals surface area contributed by atoms with E-state index in [1.54, 1.807) is 48.5 Å². The number of anilines is 1. The van der Waals surface area contributed by atoms with Crippen molar-refractivity contribution in [3.63, 3.8) is 0 Å². The number of para-hydroxylation sites is 2. The second kappa shape index (κ2) is 9.96. The van der Waals surface area contributed by atoms with Gasteiger partial charge in [0.25, 0.3) is 5.91 Å². The molecule has 0 saturated heterocycles. The van der Waals surface area contributed by atoms with Crippen LogP contribution in [-0.2, 0) is 9.59 Å². The Morgan fingerprint density at radius 1 is 0.852 bits per heavy atom. The van der Waals surface area contributed by atoms with Crippen molar-refractivity contribution in [3.8, 4) is 5.75 Å². The molecule has 0 atom stereocenters. The van der Waals surface area contributed by atoms with Crippen LogP contribution in [0.25, 0.3) is 0 Å². The van der Waals surface area contributed by atoms with Crippen molar-refractivity contribution < 1.29 is 19.1 Å². The first-order valence-electron chi connectivity index (χ1n) is 8.65. The van der Waals surface area contributed by atoms with Gasteiger partial charge in [0.2, 0.25) is 11.8 Å². The quantitative estimate of drug-likeness (QED) is 0.654. The number of carbonyl (C=O) groups excluding carboxylic acids is 3. The summed E-state index contributed by atoms with van der Waals surface area (Å²) in [5, 5.41) is 2.69. The highest BCUT2D eigenvalue weighted by molar-refractivity contribution is 5.98. The predicted octanol–water partition coefficient (Wildman–Crippen LogP) is 2.65. The second-order valence-electron chi connectivity index (χ2n) is 6.08. The van der Waals surface area contributed by atoms with Gasteiger partial charge in [-0.25, -0.2) is 0 Å². The smallest absolute Gasteiger partial charge is 0.273 e. The lowest BCUT2D eigenvalue weighted by Gasteiger charge is -2.14. The van der Waals surface area contributed by atoms with Gasteiger partial charge in [-0.1, -0.05) is 30.3 Å². The Balaban J connectivity index is 1.78. The summed E-state index contributed by atoms with van der Waals surface area (Å²) >= 11 is 0. The maximum Gasteiger partial charge on any atom is 0.273 e. The summed E-state index contributed by atoms with van der Waals surface area (Å²) in [4.78, 5) is 35.9. The molecule has 2 rings (SSSR count). The van der Waals surface area contributed by atoms with Crippen LogP contribution in [0.4, 0.5) is 5.69 Å². The van der Waals surface area contributed by atoms with E-state index in [-0.39, 0.29) is 24.9 Å². The van der Waals surface area contributed by atoms with Crippen molar-refractivity contribution in [2.75, 3.05) is 5.32 Å². The zero-order valence-corrected chi connectivity index (χ0v) is 15.3. The monoisotopic (exact) mass is 369 g/mol. The van der Waals surface area contributed by atoms with Crippen LogP contribution in [0.1, 0.15) is 37.0 Å². The highest BCUT2D eigenvalue weighted by atomic mass is 16.5. The minimum Gasteiger partial charge on any atom is -0.490 e. The molecular weight excluding hydrogens is 346 g/mol. The predicted molar refractivity (Wildman–Crippen MR) is 102 cm³/mol. The van der Waals surface area contributed by atoms with E-state index in [0.29, 0.717) is 17.0 Å². The van der Waals surface area contributed by atoms with E-state index in [1.165, 1.54) is 0 Å². The zero-order chi connectivity index (χ0) is 19.6. The summed E-state index contributed by atoms with van der Waals surface area (Å²) in [5.74, 6) is -0.804. The molecule has 0 saturated carbocycles. The third-order valence-corrected chi connectivity index (χ3v) is 3.45. The number of rotatable bonds is 7. The molecule has 0 spiro atoms. The molecule has 0 fully saturated rings.